The van der Waals surface area contributed by atoms with Crippen molar-refractivity contribution in [3.63, 3.8) is 0 Å². The fourth-order valence-electron chi connectivity index (χ4n) is 3.09. The third-order valence-corrected chi connectivity index (χ3v) is 7.23. The van der Waals surface area contributed by atoms with Crippen molar-refractivity contribution in [2.45, 2.75) is 62.1 Å². The van der Waals surface area contributed by atoms with Crippen LogP contribution in [0, 0.1) is 5.92 Å². The average Bonchev–Trinajstić information content (AvgIpc) is 3.14. The minimum absolute atomic E-state index is 0.205. The van der Waals surface area contributed by atoms with Crippen LogP contribution >= 0.6 is 0 Å². The Balaban J connectivity index is 2.13. The minimum atomic E-state index is -3.36. The molecule has 138 valence electrons. The molecule has 2 atom stereocenters. The first-order valence-corrected chi connectivity index (χ1v) is 10.2. The summed E-state index contributed by atoms with van der Waals surface area (Å²) in [6.07, 6.45) is 3.84. The summed E-state index contributed by atoms with van der Waals surface area (Å²) in [6, 6.07) is 4.77. The van der Waals surface area contributed by atoms with Gasteiger partial charge in [0.1, 0.15) is 6.04 Å². The van der Waals surface area contributed by atoms with E-state index in [1.807, 2.05) is 6.92 Å². The average molecular weight is 367 g/mol. The Hall–Kier alpha value is -1.89. The largest absolute Gasteiger partial charge is 0.480 e. The van der Waals surface area contributed by atoms with Gasteiger partial charge in [-0.15, -0.1) is 0 Å². The Kier molecular flexibility index (Phi) is 6.21. The number of benzene rings is 1. The summed E-state index contributed by atoms with van der Waals surface area (Å²) in [5, 5.41) is 11.4. The van der Waals surface area contributed by atoms with E-state index in [0.717, 1.165) is 12.8 Å². The number of carboxylic acid groups (broad SMARTS) is 1. The van der Waals surface area contributed by atoms with Gasteiger partial charge in [0.25, 0.3) is 5.91 Å². The van der Waals surface area contributed by atoms with E-state index in [0.29, 0.717) is 19.3 Å². The summed E-state index contributed by atoms with van der Waals surface area (Å²) in [6.45, 7) is 3.62. The number of carbonyl (C=O) groups excluding carboxylic acids is 1. The normalized spacial score (nSPS) is 17.8. The molecule has 1 amide bonds. The molecule has 2 N–H and O–H groups in total. The lowest BCUT2D eigenvalue weighted by atomic mass is 9.99. The van der Waals surface area contributed by atoms with E-state index in [2.05, 4.69) is 5.32 Å². The molecule has 1 aliphatic carbocycles. The van der Waals surface area contributed by atoms with Gasteiger partial charge in [0.2, 0.25) is 0 Å². The zero-order chi connectivity index (χ0) is 18.6. The number of hydrogen-bond acceptors (Lipinski definition) is 4. The lowest BCUT2D eigenvalue weighted by Gasteiger charge is -2.20. The summed E-state index contributed by atoms with van der Waals surface area (Å²) >= 11 is 0. The Morgan fingerprint density at radius 3 is 2.24 bits per heavy atom. The first kappa shape index (κ1) is 19.4. The maximum absolute atomic E-state index is 12.5. The molecule has 0 radical (unpaired) electrons. The molecule has 25 heavy (non-hydrogen) atoms. The molecule has 0 spiro atoms. The number of hydrogen-bond donors (Lipinski definition) is 2. The van der Waals surface area contributed by atoms with Crippen LogP contribution in [0.5, 0.6) is 0 Å². The molecule has 7 heteroatoms. The van der Waals surface area contributed by atoms with Crippen molar-refractivity contribution in [3.8, 4) is 0 Å². The number of nitrogens with one attached hydrogen (secondary N) is 1. The number of amides is 1. The van der Waals surface area contributed by atoms with Crippen molar-refractivity contribution in [2.75, 3.05) is 0 Å². The van der Waals surface area contributed by atoms with Crippen LogP contribution in [0.4, 0.5) is 0 Å². The fourth-order valence-corrected chi connectivity index (χ4v) is 4.95. The SMILES string of the molecule is CCC(C)C(NC(=O)c1ccc(S(=O)(=O)C2CCCC2)cc1)C(=O)O. The summed E-state index contributed by atoms with van der Waals surface area (Å²) in [7, 11) is -3.36. The third kappa shape index (κ3) is 4.39. The van der Waals surface area contributed by atoms with Crippen molar-refractivity contribution >= 4 is 21.7 Å². The molecule has 2 rings (SSSR count). The molecule has 2 unspecified atom stereocenters. The monoisotopic (exact) mass is 367 g/mol. The molecule has 0 heterocycles. The van der Waals surface area contributed by atoms with E-state index in [9.17, 15) is 23.1 Å². The number of carboxylic acids is 1. The van der Waals surface area contributed by atoms with Crippen LogP contribution < -0.4 is 5.32 Å². The van der Waals surface area contributed by atoms with Crippen LogP contribution in [0.15, 0.2) is 29.2 Å². The lowest BCUT2D eigenvalue weighted by molar-refractivity contribution is -0.140. The second-order valence-electron chi connectivity index (χ2n) is 6.65. The molecule has 0 saturated heterocycles. The van der Waals surface area contributed by atoms with Crippen LogP contribution in [-0.2, 0) is 14.6 Å². The summed E-state index contributed by atoms with van der Waals surface area (Å²) in [4.78, 5) is 23.8. The number of rotatable bonds is 7. The Morgan fingerprint density at radius 2 is 1.76 bits per heavy atom. The van der Waals surface area contributed by atoms with Crippen LogP contribution in [0.3, 0.4) is 0 Å². The Bertz CT molecular complexity index is 720. The zero-order valence-electron chi connectivity index (χ0n) is 14.6. The van der Waals surface area contributed by atoms with E-state index >= 15 is 0 Å². The topological polar surface area (TPSA) is 101 Å². The molecule has 1 aromatic carbocycles. The van der Waals surface area contributed by atoms with Gasteiger partial charge in [-0.05, 0) is 43.0 Å². The molecular formula is C18H25NO5S. The fraction of sp³-hybridized carbons (Fsp3) is 0.556. The van der Waals surface area contributed by atoms with E-state index in [4.69, 9.17) is 0 Å². The highest BCUT2D eigenvalue weighted by atomic mass is 32.2. The van der Waals surface area contributed by atoms with Crippen molar-refractivity contribution in [3.05, 3.63) is 29.8 Å². The zero-order valence-corrected chi connectivity index (χ0v) is 15.4. The highest BCUT2D eigenvalue weighted by molar-refractivity contribution is 7.92. The predicted molar refractivity (Wildman–Crippen MR) is 94.2 cm³/mol. The maximum Gasteiger partial charge on any atom is 0.326 e. The molecule has 6 nitrogen and oxygen atoms in total. The standard InChI is InChI=1S/C18H25NO5S/c1-3-12(2)16(18(21)22)19-17(20)13-8-10-15(11-9-13)25(23,24)14-6-4-5-7-14/h8-12,14,16H,3-7H2,1-2H3,(H,19,20)(H,21,22). The molecule has 1 aromatic rings. The molecule has 0 aromatic heterocycles. The van der Waals surface area contributed by atoms with Crippen LogP contribution in [0.1, 0.15) is 56.3 Å². The Labute approximate surface area is 148 Å². The smallest absolute Gasteiger partial charge is 0.326 e. The molecule has 1 aliphatic rings. The van der Waals surface area contributed by atoms with E-state index < -0.39 is 27.8 Å². The quantitative estimate of drug-likeness (QED) is 0.771. The van der Waals surface area contributed by atoms with Gasteiger partial charge in [0.15, 0.2) is 9.84 Å². The van der Waals surface area contributed by atoms with Crippen molar-refractivity contribution < 1.29 is 23.1 Å². The van der Waals surface area contributed by atoms with Crippen LogP contribution in [0.25, 0.3) is 0 Å². The maximum atomic E-state index is 12.5. The van der Waals surface area contributed by atoms with Gasteiger partial charge < -0.3 is 10.4 Å². The molecule has 0 aliphatic heterocycles. The van der Waals surface area contributed by atoms with E-state index in [1.165, 1.54) is 24.3 Å². The highest BCUT2D eigenvalue weighted by Crippen LogP contribution is 2.29. The van der Waals surface area contributed by atoms with E-state index in [-0.39, 0.29) is 21.6 Å². The van der Waals surface area contributed by atoms with Crippen LogP contribution in [-0.4, -0.2) is 36.7 Å². The van der Waals surface area contributed by atoms with Gasteiger partial charge in [-0.25, -0.2) is 13.2 Å². The van der Waals surface area contributed by atoms with E-state index in [1.54, 1.807) is 6.92 Å². The van der Waals surface area contributed by atoms with Crippen molar-refractivity contribution in [1.29, 1.82) is 0 Å². The van der Waals surface area contributed by atoms with Crippen molar-refractivity contribution in [1.82, 2.24) is 5.32 Å². The van der Waals surface area contributed by atoms with Gasteiger partial charge in [-0.1, -0.05) is 33.1 Å². The van der Waals surface area contributed by atoms with Gasteiger partial charge in [-0.3, -0.25) is 4.79 Å². The van der Waals surface area contributed by atoms with Gasteiger partial charge in [-0.2, -0.15) is 0 Å². The van der Waals surface area contributed by atoms with Gasteiger partial charge in [0, 0.05) is 5.56 Å². The number of sulfone groups is 1. The van der Waals surface area contributed by atoms with Crippen molar-refractivity contribution in [2.24, 2.45) is 5.92 Å². The summed E-state index contributed by atoms with van der Waals surface area (Å²) in [5.41, 5.74) is 0.250. The van der Waals surface area contributed by atoms with Gasteiger partial charge >= 0.3 is 5.97 Å². The molecule has 0 bridgehead atoms. The second kappa shape index (κ2) is 7.99. The van der Waals surface area contributed by atoms with Gasteiger partial charge in [0.05, 0.1) is 10.1 Å². The predicted octanol–water partition coefficient (Wildman–Crippen LogP) is 2.63. The number of carbonyl (C=O) groups is 2. The minimum Gasteiger partial charge on any atom is -0.480 e. The number of aliphatic carboxylic acids is 1. The molecule has 1 saturated carbocycles. The van der Waals surface area contributed by atoms with Crippen LogP contribution in [0.2, 0.25) is 0 Å². The Morgan fingerprint density at radius 1 is 1.20 bits per heavy atom. The summed E-state index contributed by atoms with van der Waals surface area (Å²) < 4.78 is 25.1. The highest BCUT2D eigenvalue weighted by Gasteiger charge is 2.30. The second-order valence-corrected chi connectivity index (χ2v) is 8.88. The lowest BCUT2D eigenvalue weighted by Crippen LogP contribution is -2.45. The molecular weight excluding hydrogens is 342 g/mol. The first-order chi connectivity index (χ1) is 11.8. The summed E-state index contributed by atoms with van der Waals surface area (Å²) in [5.74, 6) is -1.80. The first-order valence-electron chi connectivity index (χ1n) is 8.65. The third-order valence-electron chi connectivity index (χ3n) is 4.95. The molecule has 1 fully saturated rings.